The Bertz CT molecular complexity index is 398. The van der Waals surface area contributed by atoms with E-state index in [1.165, 1.54) is 15.7 Å². The van der Waals surface area contributed by atoms with E-state index in [4.69, 9.17) is 4.74 Å². The molecule has 0 fully saturated rings. The number of anilines is 1. The molecule has 1 aromatic rings. The zero-order valence-corrected chi connectivity index (χ0v) is 14.7. The number of methoxy groups -OCH3 is 1. The Morgan fingerprint density at radius 2 is 2.10 bits per heavy atom. The quantitative estimate of drug-likeness (QED) is 0.690. The topological polar surface area (TPSA) is 24.5 Å². The van der Waals surface area contributed by atoms with Crippen molar-refractivity contribution in [3.63, 3.8) is 0 Å². The molecule has 0 bridgehead atoms. The van der Waals surface area contributed by atoms with E-state index >= 15 is 0 Å². The number of nitrogens with one attached hydrogen (secondary N) is 1. The molecule has 0 aliphatic rings. The maximum Gasteiger partial charge on any atom is 0.0663 e. The van der Waals surface area contributed by atoms with Crippen LogP contribution in [0.4, 0.5) is 5.69 Å². The Hall–Kier alpha value is -0.580. The first-order valence-electron chi connectivity index (χ1n) is 7.38. The number of hydrogen-bond acceptors (Lipinski definition) is 3. The van der Waals surface area contributed by atoms with E-state index in [2.05, 4.69) is 65.1 Å². The first-order chi connectivity index (χ1) is 9.63. The van der Waals surface area contributed by atoms with Gasteiger partial charge in [0, 0.05) is 36.4 Å². The standard InChI is InChI=1S/C16H27BrN2O/c1-5-9-18-11-14-7-8-15(10-16(14)17)19(6-2)13(3)12-20-4/h7-8,10,13,18H,5-6,9,11-12H2,1-4H3. The van der Waals surface area contributed by atoms with Crippen molar-refractivity contribution in [2.45, 2.75) is 39.8 Å². The van der Waals surface area contributed by atoms with Crippen molar-refractivity contribution in [3.05, 3.63) is 28.2 Å². The first-order valence-corrected chi connectivity index (χ1v) is 8.18. The molecule has 0 saturated carbocycles. The molecule has 1 N–H and O–H groups in total. The molecule has 0 aliphatic heterocycles. The fourth-order valence-electron chi connectivity index (χ4n) is 2.34. The molecule has 0 aliphatic carbocycles. The lowest BCUT2D eigenvalue weighted by Crippen LogP contribution is -2.36. The van der Waals surface area contributed by atoms with Crippen LogP contribution in [0.2, 0.25) is 0 Å². The Kier molecular flexibility index (Phi) is 8.19. The highest BCUT2D eigenvalue weighted by molar-refractivity contribution is 9.10. The average Bonchev–Trinajstić information content (AvgIpc) is 2.42. The number of halogens is 1. The normalized spacial score (nSPS) is 12.4. The van der Waals surface area contributed by atoms with E-state index in [1.54, 1.807) is 7.11 Å². The van der Waals surface area contributed by atoms with E-state index in [0.717, 1.165) is 32.7 Å². The van der Waals surface area contributed by atoms with Crippen LogP contribution in [0, 0.1) is 0 Å². The summed E-state index contributed by atoms with van der Waals surface area (Å²) in [5.41, 5.74) is 2.54. The summed E-state index contributed by atoms with van der Waals surface area (Å²) in [5, 5.41) is 3.43. The van der Waals surface area contributed by atoms with Gasteiger partial charge in [0.1, 0.15) is 0 Å². The summed E-state index contributed by atoms with van der Waals surface area (Å²) >= 11 is 3.69. The molecule has 0 aromatic heterocycles. The number of hydrogen-bond donors (Lipinski definition) is 1. The van der Waals surface area contributed by atoms with Crippen molar-refractivity contribution in [2.24, 2.45) is 0 Å². The van der Waals surface area contributed by atoms with E-state index in [0.29, 0.717) is 6.04 Å². The first kappa shape index (κ1) is 17.5. The van der Waals surface area contributed by atoms with Gasteiger partial charge < -0.3 is 15.0 Å². The molecule has 20 heavy (non-hydrogen) atoms. The van der Waals surface area contributed by atoms with Crippen LogP contribution in [-0.4, -0.2) is 32.8 Å². The SMILES string of the molecule is CCCNCc1ccc(N(CC)C(C)COC)cc1Br. The second kappa shape index (κ2) is 9.37. The summed E-state index contributed by atoms with van der Waals surface area (Å²) in [6.45, 7) is 10.2. The van der Waals surface area contributed by atoms with Crippen LogP contribution in [0.1, 0.15) is 32.8 Å². The molecule has 0 spiro atoms. The number of rotatable bonds is 9. The van der Waals surface area contributed by atoms with E-state index < -0.39 is 0 Å². The van der Waals surface area contributed by atoms with Crippen LogP contribution in [0.15, 0.2) is 22.7 Å². The summed E-state index contributed by atoms with van der Waals surface area (Å²) in [6.07, 6.45) is 1.16. The van der Waals surface area contributed by atoms with E-state index in [1.807, 2.05) is 0 Å². The minimum atomic E-state index is 0.376. The van der Waals surface area contributed by atoms with Crippen LogP contribution >= 0.6 is 15.9 Å². The predicted octanol–water partition coefficient (Wildman–Crippen LogP) is 3.81. The third-order valence-corrected chi connectivity index (χ3v) is 4.13. The van der Waals surface area contributed by atoms with Gasteiger partial charge in [-0.25, -0.2) is 0 Å². The lowest BCUT2D eigenvalue weighted by molar-refractivity contribution is 0.182. The molecule has 0 radical (unpaired) electrons. The third kappa shape index (κ3) is 5.08. The van der Waals surface area contributed by atoms with Gasteiger partial charge in [0.25, 0.3) is 0 Å². The molecule has 4 heteroatoms. The fourth-order valence-corrected chi connectivity index (χ4v) is 2.84. The molecular formula is C16H27BrN2O. The largest absolute Gasteiger partial charge is 0.383 e. The van der Waals surface area contributed by atoms with Gasteiger partial charge in [0.15, 0.2) is 0 Å². The number of likely N-dealkylation sites (N-methyl/N-ethyl adjacent to an activating group) is 1. The molecule has 1 unspecified atom stereocenters. The average molecular weight is 343 g/mol. The van der Waals surface area contributed by atoms with Gasteiger partial charge in [-0.2, -0.15) is 0 Å². The number of ether oxygens (including phenoxy) is 1. The van der Waals surface area contributed by atoms with Crippen LogP contribution in [-0.2, 0) is 11.3 Å². The molecule has 1 aromatic carbocycles. The molecular weight excluding hydrogens is 316 g/mol. The van der Waals surface area contributed by atoms with Gasteiger partial charge in [0.05, 0.1) is 6.61 Å². The Labute approximate surface area is 131 Å². The molecule has 1 atom stereocenters. The summed E-state index contributed by atoms with van der Waals surface area (Å²) in [4.78, 5) is 2.36. The Balaban J connectivity index is 2.78. The summed E-state index contributed by atoms with van der Waals surface area (Å²) in [5.74, 6) is 0. The zero-order chi connectivity index (χ0) is 15.0. The van der Waals surface area contributed by atoms with Crippen molar-refractivity contribution in [1.82, 2.24) is 5.32 Å². The van der Waals surface area contributed by atoms with Crippen LogP contribution < -0.4 is 10.2 Å². The van der Waals surface area contributed by atoms with Gasteiger partial charge in [-0.3, -0.25) is 0 Å². The van der Waals surface area contributed by atoms with Gasteiger partial charge in [-0.15, -0.1) is 0 Å². The van der Waals surface area contributed by atoms with Gasteiger partial charge >= 0.3 is 0 Å². The highest BCUT2D eigenvalue weighted by Crippen LogP contribution is 2.25. The second-order valence-electron chi connectivity index (χ2n) is 5.04. The van der Waals surface area contributed by atoms with E-state index in [9.17, 15) is 0 Å². The van der Waals surface area contributed by atoms with Crippen LogP contribution in [0.5, 0.6) is 0 Å². The smallest absolute Gasteiger partial charge is 0.0663 e. The summed E-state index contributed by atoms with van der Waals surface area (Å²) in [6, 6.07) is 6.98. The van der Waals surface area contributed by atoms with Crippen molar-refractivity contribution in [2.75, 3.05) is 31.7 Å². The van der Waals surface area contributed by atoms with E-state index in [-0.39, 0.29) is 0 Å². The van der Waals surface area contributed by atoms with Crippen molar-refractivity contribution in [3.8, 4) is 0 Å². The van der Waals surface area contributed by atoms with Crippen LogP contribution in [0.25, 0.3) is 0 Å². The minimum absolute atomic E-state index is 0.376. The molecule has 3 nitrogen and oxygen atoms in total. The maximum absolute atomic E-state index is 5.26. The lowest BCUT2D eigenvalue weighted by atomic mass is 10.1. The summed E-state index contributed by atoms with van der Waals surface area (Å²) < 4.78 is 6.43. The number of nitrogens with zero attached hydrogens (tertiary/aromatic N) is 1. The molecule has 0 heterocycles. The van der Waals surface area contributed by atoms with Crippen molar-refractivity contribution >= 4 is 21.6 Å². The Morgan fingerprint density at radius 1 is 1.35 bits per heavy atom. The second-order valence-corrected chi connectivity index (χ2v) is 5.90. The van der Waals surface area contributed by atoms with Crippen molar-refractivity contribution in [1.29, 1.82) is 0 Å². The van der Waals surface area contributed by atoms with Gasteiger partial charge in [0.2, 0.25) is 0 Å². The monoisotopic (exact) mass is 342 g/mol. The van der Waals surface area contributed by atoms with Gasteiger partial charge in [-0.05, 0) is 44.5 Å². The Morgan fingerprint density at radius 3 is 2.65 bits per heavy atom. The molecule has 0 saturated heterocycles. The molecule has 114 valence electrons. The maximum atomic E-state index is 5.26. The molecule has 1 rings (SSSR count). The predicted molar refractivity (Wildman–Crippen MR) is 90.5 cm³/mol. The highest BCUT2D eigenvalue weighted by Gasteiger charge is 2.13. The fraction of sp³-hybridized carbons (Fsp3) is 0.625. The summed E-state index contributed by atoms with van der Waals surface area (Å²) in [7, 11) is 1.75. The third-order valence-electron chi connectivity index (χ3n) is 3.39. The van der Waals surface area contributed by atoms with Crippen molar-refractivity contribution < 1.29 is 4.74 Å². The lowest BCUT2D eigenvalue weighted by Gasteiger charge is -2.30. The van der Waals surface area contributed by atoms with Crippen LogP contribution in [0.3, 0.4) is 0 Å². The van der Waals surface area contributed by atoms with Gasteiger partial charge in [-0.1, -0.05) is 28.9 Å². The minimum Gasteiger partial charge on any atom is -0.383 e. The number of benzene rings is 1. The zero-order valence-electron chi connectivity index (χ0n) is 13.1. The molecule has 0 amide bonds. The highest BCUT2D eigenvalue weighted by atomic mass is 79.9.